The van der Waals surface area contributed by atoms with Crippen molar-refractivity contribution in [1.82, 2.24) is 0 Å². The van der Waals surface area contributed by atoms with Crippen LogP contribution >= 0.6 is 11.6 Å². The van der Waals surface area contributed by atoms with Crippen molar-refractivity contribution < 1.29 is 19.1 Å². The highest BCUT2D eigenvalue weighted by atomic mass is 35.5. The highest BCUT2D eigenvalue weighted by Crippen LogP contribution is 2.58. The molecule has 0 unspecified atom stereocenters. The van der Waals surface area contributed by atoms with Crippen molar-refractivity contribution in [2.24, 2.45) is 17.3 Å². The molecule has 0 heterocycles. The zero-order chi connectivity index (χ0) is 14.4. The molecule has 0 spiro atoms. The van der Waals surface area contributed by atoms with Gasteiger partial charge in [0.1, 0.15) is 5.82 Å². The maximum absolute atomic E-state index is 12.9. The molecule has 1 aliphatic carbocycles. The van der Waals surface area contributed by atoms with E-state index in [1.165, 1.54) is 12.1 Å². The van der Waals surface area contributed by atoms with Gasteiger partial charge in [0.25, 0.3) is 0 Å². The fourth-order valence-electron chi connectivity index (χ4n) is 2.39. The van der Waals surface area contributed by atoms with Crippen molar-refractivity contribution >= 4 is 29.2 Å². The number of halogens is 2. The number of benzene rings is 1. The number of nitrogens with one attached hydrogen (secondary N) is 1. The molecule has 19 heavy (non-hydrogen) atoms. The number of carbonyl (C=O) groups excluding carboxylic acids is 1. The Morgan fingerprint density at radius 1 is 1.37 bits per heavy atom. The molecule has 1 fully saturated rings. The second kappa shape index (κ2) is 4.49. The fraction of sp³-hybridized carbons (Fsp3) is 0.385. The van der Waals surface area contributed by atoms with E-state index >= 15 is 0 Å². The molecule has 0 saturated heterocycles. The summed E-state index contributed by atoms with van der Waals surface area (Å²) in [7, 11) is 0. The third kappa shape index (κ3) is 2.42. The summed E-state index contributed by atoms with van der Waals surface area (Å²) in [5.74, 6) is -3.21. The van der Waals surface area contributed by atoms with Crippen LogP contribution in [0.15, 0.2) is 18.2 Å². The Morgan fingerprint density at radius 2 is 2.00 bits per heavy atom. The maximum atomic E-state index is 12.9. The first kappa shape index (κ1) is 13.8. The molecule has 0 aromatic heterocycles. The van der Waals surface area contributed by atoms with E-state index in [4.69, 9.17) is 16.7 Å². The Labute approximate surface area is 114 Å². The molecule has 6 heteroatoms. The maximum Gasteiger partial charge on any atom is 0.307 e. The summed E-state index contributed by atoms with van der Waals surface area (Å²) in [5, 5.41) is 11.6. The Kier molecular flexibility index (Phi) is 3.26. The van der Waals surface area contributed by atoms with Crippen LogP contribution in [0.3, 0.4) is 0 Å². The molecule has 2 atom stereocenters. The van der Waals surface area contributed by atoms with Gasteiger partial charge in [0.15, 0.2) is 0 Å². The van der Waals surface area contributed by atoms with Crippen molar-refractivity contribution in [3.05, 3.63) is 29.0 Å². The number of anilines is 1. The second-order valence-electron chi connectivity index (χ2n) is 5.23. The summed E-state index contributed by atoms with van der Waals surface area (Å²) in [6.45, 7) is 3.45. The lowest BCUT2D eigenvalue weighted by atomic mass is 10.1. The Hall–Kier alpha value is -1.62. The average Bonchev–Trinajstić information content (AvgIpc) is 2.86. The quantitative estimate of drug-likeness (QED) is 0.897. The van der Waals surface area contributed by atoms with Gasteiger partial charge in [0.2, 0.25) is 5.91 Å². The summed E-state index contributed by atoms with van der Waals surface area (Å²) < 4.78 is 12.9. The molecule has 1 saturated carbocycles. The fourth-order valence-corrected chi connectivity index (χ4v) is 2.60. The molecule has 2 N–H and O–H groups in total. The molecule has 0 bridgehead atoms. The number of rotatable bonds is 3. The normalized spacial score (nSPS) is 23.8. The number of carbonyl (C=O) groups is 2. The molecule has 0 aliphatic heterocycles. The first-order valence-corrected chi connectivity index (χ1v) is 6.11. The minimum atomic E-state index is -0.990. The van der Waals surface area contributed by atoms with E-state index in [1.807, 2.05) is 0 Å². The molecular formula is C13H13ClFNO3. The predicted octanol–water partition coefficient (Wildman–Crippen LogP) is 2.77. The van der Waals surface area contributed by atoms with Gasteiger partial charge < -0.3 is 10.4 Å². The van der Waals surface area contributed by atoms with Crippen molar-refractivity contribution in [2.45, 2.75) is 13.8 Å². The molecule has 2 rings (SSSR count). The van der Waals surface area contributed by atoms with Crippen LogP contribution in [-0.2, 0) is 9.59 Å². The molecule has 4 nitrogen and oxygen atoms in total. The lowest BCUT2D eigenvalue weighted by Crippen LogP contribution is -2.18. The highest BCUT2D eigenvalue weighted by molar-refractivity contribution is 6.33. The Bertz CT molecular complexity index is 559. The number of carboxylic acid groups (broad SMARTS) is 1. The van der Waals surface area contributed by atoms with Crippen LogP contribution in [0, 0.1) is 23.1 Å². The largest absolute Gasteiger partial charge is 0.481 e. The van der Waals surface area contributed by atoms with Crippen LogP contribution in [0.2, 0.25) is 5.02 Å². The van der Waals surface area contributed by atoms with Crippen molar-refractivity contribution in [1.29, 1.82) is 0 Å². The Balaban J connectivity index is 2.13. The van der Waals surface area contributed by atoms with Gasteiger partial charge >= 0.3 is 5.97 Å². The first-order chi connectivity index (χ1) is 8.75. The van der Waals surface area contributed by atoms with Crippen molar-refractivity contribution in [3.8, 4) is 0 Å². The smallest absolute Gasteiger partial charge is 0.307 e. The minimum absolute atomic E-state index is 0.0821. The van der Waals surface area contributed by atoms with Gasteiger partial charge in [0.05, 0.1) is 22.5 Å². The van der Waals surface area contributed by atoms with E-state index in [0.29, 0.717) is 0 Å². The number of hydrogen-bond acceptors (Lipinski definition) is 2. The first-order valence-electron chi connectivity index (χ1n) is 5.74. The summed E-state index contributed by atoms with van der Waals surface area (Å²) in [5.41, 5.74) is -0.303. The van der Waals surface area contributed by atoms with Crippen LogP contribution in [0.25, 0.3) is 0 Å². The zero-order valence-corrected chi connectivity index (χ0v) is 11.2. The van der Waals surface area contributed by atoms with Gasteiger partial charge in [-0.1, -0.05) is 25.4 Å². The molecular weight excluding hydrogens is 273 g/mol. The van der Waals surface area contributed by atoms with Gasteiger partial charge in [-0.05, 0) is 23.6 Å². The van der Waals surface area contributed by atoms with Crippen LogP contribution in [0.1, 0.15) is 13.8 Å². The minimum Gasteiger partial charge on any atom is -0.481 e. The summed E-state index contributed by atoms with van der Waals surface area (Å²) >= 11 is 5.80. The van der Waals surface area contributed by atoms with E-state index in [0.717, 1.165) is 6.07 Å². The second-order valence-corrected chi connectivity index (χ2v) is 5.64. The van der Waals surface area contributed by atoms with Gasteiger partial charge in [0, 0.05) is 0 Å². The van der Waals surface area contributed by atoms with E-state index in [1.54, 1.807) is 13.8 Å². The van der Waals surface area contributed by atoms with Crippen LogP contribution < -0.4 is 5.32 Å². The standard InChI is InChI=1S/C13H13ClFNO3/c1-13(2)9(10(13)12(18)19)11(17)16-8-4-3-6(15)5-7(8)14/h3-5,9-10H,1-2H3,(H,16,17)(H,18,19)/t9-,10+/m1/s1. The van der Waals surface area contributed by atoms with E-state index in [9.17, 15) is 14.0 Å². The molecule has 1 amide bonds. The lowest BCUT2D eigenvalue weighted by Gasteiger charge is -2.07. The van der Waals surface area contributed by atoms with Crippen LogP contribution in [0.4, 0.5) is 10.1 Å². The van der Waals surface area contributed by atoms with Gasteiger partial charge in [-0.3, -0.25) is 9.59 Å². The van der Waals surface area contributed by atoms with Crippen molar-refractivity contribution in [2.75, 3.05) is 5.32 Å². The summed E-state index contributed by atoms with van der Waals surface area (Å²) in [4.78, 5) is 23.0. The average molecular weight is 286 g/mol. The van der Waals surface area contributed by atoms with Crippen molar-refractivity contribution in [3.63, 3.8) is 0 Å². The number of amides is 1. The van der Waals surface area contributed by atoms with Crippen LogP contribution in [0.5, 0.6) is 0 Å². The molecule has 1 aromatic rings. The highest BCUT2D eigenvalue weighted by Gasteiger charge is 2.65. The van der Waals surface area contributed by atoms with E-state index in [2.05, 4.69) is 5.32 Å². The zero-order valence-electron chi connectivity index (χ0n) is 10.4. The predicted molar refractivity (Wildman–Crippen MR) is 68.4 cm³/mol. The third-order valence-electron chi connectivity index (χ3n) is 3.56. The van der Waals surface area contributed by atoms with Gasteiger partial charge in [-0.25, -0.2) is 4.39 Å². The van der Waals surface area contributed by atoms with Crippen LogP contribution in [-0.4, -0.2) is 17.0 Å². The van der Waals surface area contributed by atoms with Gasteiger partial charge in [-0.2, -0.15) is 0 Å². The van der Waals surface area contributed by atoms with E-state index < -0.39 is 34.9 Å². The summed E-state index contributed by atoms with van der Waals surface area (Å²) in [6.07, 6.45) is 0. The van der Waals surface area contributed by atoms with E-state index in [-0.39, 0.29) is 10.7 Å². The summed E-state index contributed by atoms with van der Waals surface area (Å²) in [6, 6.07) is 3.61. The molecule has 0 radical (unpaired) electrons. The molecule has 102 valence electrons. The Morgan fingerprint density at radius 3 is 2.47 bits per heavy atom. The number of carboxylic acids is 1. The molecule has 1 aromatic carbocycles. The number of aliphatic carboxylic acids is 1. The lowest BCUT2D eigenvalue weighted by molar-refractivity contribution is -0.140. The number of hydrogen-bond donors (Lipinski definition) is 2. The molecule has 1 aliphatic rings. The topological polar surface area (TPSA) is 66.4 Å². The monoisotopic (exact) mass is 285 g/mol. The van der Waals surface area contributed by atoms with Gasteiger partial charge in [-0.15, -0.1) is 0 Å². The third-order valence-corrected chi connectivity index (χ3v) is 3.88. The SMILES string of the molecule is CC1(C)[C@H](C(=O)O)[C@@H]1C(=O)Nc1ccc(F)cc1Cl.